The van der Waals surface area contributed by atoms with Crippen LogP contribution in [0.4, 0.5) is 0 Å². The minimum Gasteiger partial charge on any atom is -0.352 e. The lowest BCUT2D eigenvalue weighted by molar-refractivity contribution is -0.121. The van der Waals surface area contributed by atoms with Crippen molar-refractivity contribution in [3.63, 3.8) is 0 Å². The Morgan fingerprint density at radius 2 is 1.88 bits per heavy atom. The molecule has 1 aliphatic rings. The number of nitrogens with zero attached hydrogens (tertiary/aromatic N) is 1. The minimum atomic E-state index is 0.155. The number of carbonyl (C=O) groups excluding carboxylic acids is 1. The first-order valence-electron chi connectivity index (χ1n) is 8.89. The highest BCUT2D eigenvalue weighted by Gasteiger charge is 2.13. The lowest BCUT2D eigenvalue weighted by Gasteiger charge is -2.17. The van der Waals surface area contributed by atoms with E-state index in [1.807, 2.05) is 0 Å². The van der Waals surface area contributed by atoms with E-state index in [0.717, 1.165) is 19.4 Å². The smallest absolute Gasteiger partial charge is 0.220 e. The van der Waals surface area contributed by atoms with Crippen LogP contribution in [0.5, 0.6) is 0 Å². The van der Waals surface area contributed by atoms with E-state index in [1.54, 1.807) is 11.3 Å². The summed E-state index contributed by atoms with van der Waals surface area (Å²) >= 11 is 1.77. The average molecular weight is 343 g/mol. The van der Waals surface area contributed by atoms with E-state index >= 15 is 0 Å². The highest BCUT2D eigenvalue weighted by Crippen LogP contribution is 2.16. The molecule has 0 saturated carbocycles. The molecule has 1 N–H and O–H groups in total. The highest BCUT2D eigenvalue weighted by atomic mass is 32.1. The fourth-order valence-electron chi connectivity index (χ4n) is 3.23. The molecule has 1 aromatic heterocycles. The normalized spacial score (nSPS) is 14.8. The summed E-state index contributed by atoms with van der Waals surface area (Å²) in [5.74, 6) is 0.155. The molecule has 2 aromatic rings. The predicted octanol–water partition coefficient (Wildman–Crippen LogP) is 3.98. The molecule has 3 rings (SSSR count). The second-order valence-corrected chi connectivity index (χ2v) is 7.49. The second kappa shape index (κ2) is 9.00. The third-order valence-corrected chi connectivity index (χ3v) is 5.53. The summed E-state index contributed by atoms with van der Waals surface area (Å²) in [5, 5.41) is 5.18. The number of thiophene rings is 1. The van der Waals surface area contributed by atoms with Crippen LogP contribution in [0.3, 0.4) is 0 Å². The van der Waals surface area contributed by atoms with Crippen molar-refractivity contribution in [1.82, 2.24) is 10.2 Å². The van der Waals surface area contributed by atoms with Gasteiger partial charge in [0.2, 0.25) is 5.91 Å². The molecule has 3 nitrogen and oxygen atoms in total. The summed E-state index contributed by atoms with van der Waals surface area (Å²) in [6.07, 6.45) is 5.14. The van der Waals surface area contributed by atoms with E-state index in [1.165, 1.54) is 41.9 Å². The number of aryl methyl sites for hydroxylation is 1. The molecule has 1 fully saturated rings. The zero-order chi connectivity index (χ0) is 16.6. The Labute approximate surface area is 148 Å². The van der Waals surface area contributed by atoms with Gasteiger partial charge in [-0.05, 0) is 61.3 Å². The zero-order valence-electron chi connectivity index (χ0n) is 14.2. The van der Waals surface area contributed by atoms with Gasteiger partial charge in [0.1, 0.15) is 0 Å². The Hall–Kier alpha value is -1.65. The summed E-state index contributed by atoms with van der Waals surface area (Å²) in [6, 6.07) is 12.7. The first-order valence-corrected chi connectivity index (χ1v) is 9.77. The van der Waals surface area contributed by atoms with E-state index in [0.29, 0.717) is 13.0 Å². The Morgan fingerprint density at radius 3 is 2.62 bits per heavy atom. The molecule has 0 spiro atoms. The van der Waals surface area contributed by atoms with Gasteiger partial charge in [0, 0.05) is 24.4 Å². The molecular weight excluding hydrogens is 316 g/mol. The van der Waals surface area contributed by atoms with Crippen LogP contribution in [-0.2, 0) is 24.3 Å². The van der Waals surface area contributed by atoms with Crippen molar-refractivity contribution in [1.29, 1.82) is 0 Å². The topological polar surface area (TPSA) is 32.3 Å². The maximum absolute atomic E-state index is 12.1. The molecule has 0 unspecified atom stereocenters. The van der Waals surface area contributed by atoms with Crippen LogP contribution in [-0.4, -0.2) is 23.9 Å². The van der Waals surface area contributed by atoms with E-state index in [2.05, 4.69) is 52.0 Å². The van der Waals surface area contributed by atoms with Gasteiger partial charge >= 0.3 is 0 Å². The third-order valence-electron chi connectivity index (χ3n) is 4.59. The molecule has 0 atom stereocenters. The molecule has 4 heteroatoms. The van der Waals surface area contributed by atoms with Gasteiger partial charge in [-0.1, -0.05) is 30.3 Å². The molecule has 24 heavy (non-hydrogen) atoms. The van der Waals surface area contributed by atoms with Crippen molar-refractivity contribution >= 4 is 17.2 Å². The molecule has 1 aromatic carbocycles. The summed E-state index contributed by atoms with van der Waals surface area (Å²) in [5.41, 5.74) is 2.59. The molecule has 1 amide bonds. The Bertz CT molecular complexity index is 633. The molecule has 1 saturated heterocycles. The lowest BCUT2D eigenvalue weighted by Crippen LogP contribution is -2.24. The third kappa shape index (κ3) is 5.18. The quantitative estimate of drug-likeness (QED) is 0.787. The van der Waals surface area contributed by atoms with E-state index < -0.39 is 0 Å². The second-order valence-electron chi connectivity index (χ2n) is 6.46. The SMILES string of the molecule is O=C(CCCc1cccs1)NCc1ccccc1CN1CCCC1. The van der Waals surface area contributed by atoms with Gasteiger partial charge in [-0.3, -0.25) is 9.69 Å². The molecule has 1 aliphatic heterocycles. The average Bonchev–Trinajstić information content (AvgIpc) is 3.28. The van der Waals surface area contributed by atoms with Crippen LogP contribution in [0.2, 0.25) is 0 Å². The summed E-state index contributed by atoms with van der Waals surface area (Å²) in [6.45, 7) is 4.04. The van der Waals surface area contributed by atoms with Crippen molar-refractivity contribution in [2.24, 2.45) is 0 Å². The molecule has 0 bridgehead atoms. The van der Waals surface area contributed by atoms with Crippen LogP contribution in [0, 0.1) is 0 Å². The van der Waals surface area contributed by atoms with Gasteiger partial charge in [0.25, 0.3) is 0 Å². The zero-order valence-corrected chi connectivity index (χ0v) is 15.0. The number of benzene rings is 1. The lowest BCUT2D eigenvalue weighted by atomic mass is 10.1. The van der Waals surface area contributed by atoms with Gasteiger partial charge < -0.3 is 5.32 Å². The summed E-state index contributed by atoms with van der Waals surface area (Å²) in [7, 11) is 0. The largest absolute Gasteiger partial charge is 0.352 e. The maximum Gasteiger partial charge on any atom is 0.220 e. The maximum atomic E-state index is 12.1. The number of hydrogen-bond acceptors (Lipinski definition) is 3. The van der Waals surface area contributed by atoms with Crippen molar-refractivity contribution in [3.8, 4) is 0 Å². The first kappa shape index (κ1) is 17.2. The van der Waals surface area contributed by atoms with Crippen molar-refractivity contribution < 1.29 is 4.79 Å². The van der Waals surface area contributed by atoms with Gasteiger partial charge in [0.15, 0.2) is 0 Å². The fraction of sp³-hybridized carbons (Fsp3) is 0.450. The highest BCUT2D eigenvalue weighted by molar-refractivity contribution is 7.09. The van der Waals surface area contributed by atoms with Crippen LogP contribution in [0.15, 0.2) is 41.8 Å². The molecule has 0 aliphatic carbocycles. The number of rotatable bonds is 8. The van der Waals surface area contributed by atoms with Gasteiger partial charge in [0.05, 0.1) is 0 Å². The van der Waals surface area contributed by atoms with Gasteiger partial charge in [-0.25, -0.2) is 0 Å². The van der Waals surface area contributed by atoms with Crippen molar-refractivity contribution in [2.75, 3.05) is 13.1 Å². The van der Waals surface area contributed by atoms with Crippen molar-refractivity contribution in [3.05, 3.63) is 57.8 Å². The first-order chi connectivity index (χ1) is 11.8. The van der Waals surface area contributed by atoms with Gasteiger partial charge in [-0.2, -0.15) is 0 Å². The molecule has 2 heterocycles. The van der Waals surface area contributed by atoms with Crippen LogP contribution in [0.25, 0.3) is 0 Å². The summed E-state index contributed by atoms with van der Waals surface area (Å²) in [4.78, 5) is 15.9. The number of likely N-dealkylation sites (tertiary alicyclic amines) is 1. The van der Waals surface area contributed by atoms with Crippen molar-refractivity contribution in [2.45, 2.75) is 45.2 Å². The van der Waals surface area contributed by atoms with E-state index in [9.17, 15) is 4.79 Å². The Balaban J connectivity index is 1.44. The van der Waals surface area contributed by atoms with E-state index in [4.69, 9.17) is 0 Å². The Morgan fingerprint density at radius 1 is 1.08 bits per heavy atom. The van der Waals surface area contributed by atoms with Crippen LogP contribution < -0.4 is 5.32 Å². The standard InChI is InChI=1S/C20H26N2OS/c23-20(11-5-9-19-10-6-14-24-19)21-15-17-7-1-2-8-18(17)16-22-12-3-4-13-22/h1-2,6-8,10,14H,3-5,9,11-13,15-16H2,(H,21,23). The Kier molecular flexibility index (Phi) is 6.44. The molecule has 0 radical (unpaired) electrons. The van der Waals surface area contributed by atoms with E-state index in [-0.39, 0.29) is 5.91 Å². The van der Waals surface area contributed by atoms with Crippen LogP contribution >= 0.6 is 11.3 Å². The number of amides is 1. The van der Waals surface area contributed by atoms with Crippen LogP contribution in [0.1, 0.15) is 41.7 Å². The molecule has 128 valence electrons. The number of nitrogens with one attached hydrogen (secondary N) is 1. The number of carbonyl (C=O) groups is 1. The fourth-order valence-corrected chi connectivity index (χ4v) is 3.98. The minimum absolute atomic E-state index is 0.155. The predicted molar refractivity (Wildman–Crippen MR) is 100 cm³/mol. The summed E-state index contributed by atoms with van der Waals surface area (Å²) < 4.78 is 0. The monoisotopic (exact) mass is 342 g/mol. The molecular formula is C20H26N2OS. The number of hydrogen-bond donors (Lipinski definition) is 1. The van der Waals surface area contributed by atoms with Gasteiger partial charge in [-0.15, -0.1) is 11.3 Å².